The molecule has 0 spiro atoms. The molecular formula is C31H29F3N6O3. The first-order valence-corrected chi connectivity index (χ1v) is 13.9. The van der Waals surface area contributed by atoms with Crippen molar-refractivity contribution in [2.45, 2.75) is 64.0 Å². The minimum Gasteiger partial charge on any atom is -0.329 e. The number of rotatable bonds is 4. The van der Waals surface area contributed by atoms with Crippen molar-refractivity contribution in [2.75, 3.05) is 11.4 Å². The van der Waals surface area contributed by atoms with Gasteiger partial charge in [-0.1, -0.05) is 58.0 Å². The number of hydrogen-bond acceptors (Lipinski definition) is 5. The lowest BCUT2D eigenvalue weighted by Crippen LogP contribution is -2.55. The normalized spacial score (nSPS) is 23.3. The third-order valence-electron chi connectivity index (χ3n) is 8.65. The molecule has 43 heavy (non-hydrogen) atoms. The number of nitrogens with zero attached hydrogens (tertiary/aromatic N) is 6. The van der Waals surface area contributed by atoms with Gasteiger partial charge in [0.25, 0.3) is 11.8 Å². The van der Waals surface area contributed by atoms with Crippen LogP contribution in [0.15, 0.2) is 54.6 Å². The monoisotopic (exact) mass is 590 g/mol. The van der Waals surface area contributed by atoms with Crippen LogP contribution in [0.4, 0.5) is 23.7 Å². The zero-order valence-corrected chi connectivity index (χ0v) is 24.0. The van der Waals surface area contributed by atoms with Crippen molar-refractivity contribution in [1.29, 1.82) is 5.26 Å². The molecule has 0 aliphatic carbocycles. The summed E-state index contributed by atoms with van der Waals surface area (Å²) in [7, 11) is 0. The average Bonchev–Trinajstić information content (AvgIpc) is 3.67. The number of benzene rings is 2. The Morgan fingerprint density at radius 1 is 1.07 bits per heavy atom. The summed E-state index contributed by atoms with van der Waals surface area (Å²) in [6.45, 7) is 8.40. The van der Waals surface area contributed by atoms with E-state index in [1.165, 1.54) is 11.0 Å². The fourth-order valence-corrected chi connectivity index (χ4v) is 6.48. The number of urea groups is 1. The number of aromatic nitrogens is 2. The molecule has 3 fully saturated rings. The van der Waals surface area contributed by atoms with E-state index in [2.05, 4.69) is 0 Å². The van der Waals surface area contributed by atoms with E-state index in [4.69, 9.17) is 10.4 Å². The maximum absolute atomic E-state index is 14.2. The summed E-state index contributed by atoms with van der Waals surface area (Å²) in [5.41, 5.74) is -0.402. The van der Waals surface area contributed by atoms with Gasteiger partial charge >= 0.3 is 12.2 Å². The molecule has 2 bridgehead atoms. The second-order valence-electron chi connectivity index (χ2n) is 12.3. The summed E-state index contributed by atoms with van der Waals surface area (Å²) in [5.74, 6) is -1.26. The molecule has 4 amide bonds. The molecule has 2 aromatic carbocycles. The number of fused-ring (bicyclic) bond motifs is 5. The quantitative estimate of drug-likeness (QED) is 0.407. The van der Waals surface area contributed by atoms with Crippen molar-refractivity contribution in [3.8, 4) is 6.07 Å². The van der Waals surface area contributed by atoms with Gasteiger partial charge in [0.2, 0.25) is 0 Å². The SMILES string of the molecule is C[C@@H]1C2[C@H]3C(=O)N(c4ccc(C#N)c(C(F)(F)F)c4)C(=O)N3C1CN2C(=O)c1cc(C(C)(C)C)nn1Cc1ccccc1. The number of alkyl halides is 3. The van der Waals surface area contributed by atoms with E-state index in [1.807, 2.05) is 58.0 Å². The summed E-state index contributed by atoms with van der Waals surface area (Å²) >= 11 is 0. The minimum atomic E-state index is -4.85. The van der Waals surface area contributed by atoms with E-state index < -0.39 is 47.4 Å². The van der Waals surface area contributed by atoms with Gasteiger partial charge in [-0.05, 0) is 29.8 Å². The fourth-order valence-electron chi connectivity index (χ4n) is 6.48. The lowest BCUT2D eigenvalue weighted by Gasteiger charge is -2.34. The largest absolute Gasteiger partial charge is 0.417 e. The van der Waals surface area contributed by atoms with Gasteiger partial charge in [-0.15, -0.1) is 0 Å². The summed E-state index contributed by atoms with van der Waals surface area (Å²) in [5, 5.41) is 13.9. The summed E-state index contributed by atoms with van der Waals surface area (Å²) in [4.78, 5) is 45.2. The molecule has 3 saturated heterocycles. The lowest BCUT2D eigenvalue weighted by molar-refractivity contribution is -0.137. The number of halogens is 3. The van der Waals surface area contributed by atoms with E-state index in [9.17, 15) is 27.6 Å². The molecule has 3 aromatic rings. The first kappa shape index (κ1) is 28.5. The van der Waals surface area contributed by atoms with E-state index in [-0.39, 0.29) is 29.5 Å². The molecule has 0 saturated carbocycles. The number of amides is 4. The van der Waals surface area contributed by atoms with E-state index in [1.54, 1.807) is 15.6 Å². The molecule has 0 N–H and O–H groups in total. The number of piperazine rings is 1. The number of anilines is 1. The molecule has 9 nitrogen and oxygen atoms in total. The topological polar surface area (TPSA) is 103 Å². The number of hydrogen-bond donors (Lipinski definition) is 0. The van der Waals surface area contributed by atoms with Crippen molar-refractivity contribution >= 4 is 23.5 Å². The smallest absolute Gasteiger partial charge is 0.329 e. The van der Waals surface area contributed by atoms with Crippen LogP contribution in [0.2, 0.25) is 0 Å². The van der Waals surface area contributed by atoms with E-state index in [0.29, 0.717) is 18.3 Å². The van der Waals surface area contributed by atoms with Crippen LogP contribution in [0.3, 0.4) is 0 Å². The number of carbonyl (C=O) groups is 3. The maximum atomic E-state index is 14.2. The van der Waals surface area contributed by atoms with Crippen LogP contribution < -0.4 is 4.90 Å². The van der Waals surface area contributed by atoms with Gasteiger partial charge in [0.05, 0.1) is 47.2 Å². The average molecular weight is 591 g/mol. The summed E-state index contributed by atoms with van der Waals surface area (Å²) in [6, 6.07) is 12.7. The van der Waals surface area contributed by atoms with E-state index in [0.717, 1.165) is 28.3 Å². The highest BCUT2D eigenvalue weighted by Crippen LogP contribution is 2.47. The Balaban J connectivity index is 1.34. The van der Waals surface area contributed by atoms with Crippen LogP contribution in [0.5, 0.6) is 0 Å². The lowest BCUT2D eigenvalue weighted by atomic mass is 9.92. The highest BCUT2D eigenvalue weighted by Gasteiger charge is 2.66. The molecule has 4 heterocycles. The summed E-state index contributed by atoms with van der Waals surface area (Å²) < 4.78 is 42.6. The number of imide groups is 1. The zero-order valence-electron chi connectivity index (χ0n) is 24.0. The standard InChI is InChI=1S/C31H29F3N6O3/c1-17-23-16-37(27(41)22-13-24(30(2,3)4)36-38(22)15-18-8-6-5-7-9-18)25(17)26-28(42)39(29(43)40(23)26)20-11-10-19(14-35)21(12-20)31(32,33)34/h5-13,17,23,25-26H,15-16H2,1-4H3/t17-,23?,25?,26-/m0/s1. The second-order valence-corrected chi connectivity index (χ2v) is 12.3. The maximum Gasteiger partial charge on any atom is 0.417 e. The first-order valence-electron chi connectivity index (χ1n) is 13.9. The van der Waals surface area contributed by atoms with Gasteiger partial charge in [0.15, 0.2) is 0 Å². The Kier molecular flexibility index (Phi) is 6.41. The molecule has 3 aliphatic rings. The third kappa shape index (κ3) is 4.45. The van der Waals surface area contributed by atoms with Gasteiger partial charge in [0.1, 0.15) is 11.7 Å². The Morgan fingerprint density at radius 3 is 2.40 bits per heavy atom. The molecule has 6 rings (SSSR count). The van der Waals surface area contributed by atoms with Crippen molar-refractivity contribution in [3.63, 3.8) is 0 Å². The van der Waals surface area contributed by atoms with Crippen molar-refractivity contribution in [2.24, 2.45) is 5.92 Å². The molecule has 4 atom stereocenters. The third-order valence-corrected chi connectivity index (χ3v) is 8.65. The molecule has 1 aromatic heterocycles. The molecule has 0 radical (unpaired) electrons. The zero-order chi connectivity index (χ0) is 31.0. The van der Waals surface area contributed by atoms with E-state index >= 15 is 0 Å². The summed E-state index contributed by atoms with van der Waals surface area (Å²) in [6.07, 6.45) is -4.85. The molecule has 2 unspecified atom stereocenters. The Bertz CT molecular complexity index is 1690. The highest BCUT2D eigenvalue weighted by molar-refractivity contribution is 6.22. The van der Waals surface area contributed by atoms with Crippen LogP contribution in [-0.2, 0) is 22.9 Å². The number of carbonyl (C=O) groups excluding carboxylic acids is 3. The first-order chi connectivity index (χ1) is 20.2. The van der Waals surface area contributed by atoms with Crippen LogP contribution in [0, 0.1) is 17.2 Å². The highest BCUT2D eigenvalue weighted by atomic mass is 19.4. The van der Waals surface area contributed by atoms with Gasteiger partial charge in [0, 0.05) is 17.9 Å². The molecular weight excluding hydrogens is 561 g/mol. The number of likely N-dealkylation sites (tertiary alicyclic amines) is 1. The van der Waals surface area contributed by atoms with Crippen molar-refractivity contribution in [1.82, 2.24) is 19.6 Å². The van der Waals surface area contributed by atoms with Crippen molar-refractivity contribution < 1.29 is 27.6 Å². The molecule has 3 aliphatic heterocycles. The van der Waals surface area contributed by atoms with Crippen LogP contribution >= 0.6 is 0 Å². The second kappa shape index (κ2) is 9.69. The Labute approximate surface area is 246 Å². The van der Waals surface area contributed by atoms with Crippen LogP contribution in [0.25, 0.3) is 0 Å². The van der Waals surface area contributed by atoms with Crippen LogP contribution in [-0.4, -0.2) is 62.1 Å². The van der Waals surface area contributed by atoms with Gasteiger partial charge < -0.3 is 9.80 Å². The molecule has 12 heteroatoms. The van der Waals surface area contributed by atoms with Crippen molar-refractivity contribution in [3.05, 3.63) is 82.7 Å². The van der Waals surface area contributed by atoms with Gasteiger partial charge in [-0.3, -0.25) is 14.3 Å². The minimum absolute atomic E-state index is 0.177. The Morgan fingerprint density at radius 2 is 1.77 bits per heavy atom. The van der Waals surface area contributed by atoms with Gasteiger partial charge in [-0.25, -0.2) is 9.69 Å². The predicted octanol–water partition coefficient (Wildman–Crippen LogP) is 4.80. The van der Waals surface area contributed by atoms with Crippen LogP contribution in [0.1, 0.15) is 60.6 Å². The Hall–Kier alpha value is -4.66. The fraction of sp³-hybridized carbons (Fsp3) is 0.387. The van der Waals surface area contributed by atoms with Gasteiger partial charge in [-0.2, -0.15) is 23.5 Å². The number of nitriles is 1. The predicted molar refractivity (Wildman–Crippen MR) is 149 cm³/mol. The molecule has 222 valence electrons.